The lowest BCUT2D eigenvalue weighted by atomic mass is 9.64. The summed E-state index contributed by atoms with van der Waals surface area (Å²) in [6, 6.07) is 4.57. The zero-order valence-corrected chi connectivity index (χ0v) is 11.5. The number of rotatable bonds is 4. The van der Waals surface area contributed by atoms with Gasteiger partial charge in [-0.05, 0) is 18.6 Å². The summed E-state index contributed by atoms with van der Waals surface area (Å²) in [4.78, 5) is 1.29. The second kappa shape index (κ2) is 4.65. The highest BCUT2D eigenvalue weighted by molar-refractivity contribution is 7.16. The Morgan fingerprint density at radius 1 is 1.56 bits per heavy atom. The summed E-state index contributed by atoms with van der Waals surface area (Å²) in [6.07, 6.45) is 1.49. The minimum atomic E-state index is 0.232. The van der Waals surface area contributed by atoms with Gasteiger partial charge in [0, 0.05) is 30.0 Å². The van der Waals surface area contributed by atoms with Gasteiger partial charge in [-0.1, -0.05) is 25.4 Å². The van der Waals surface area contributed by atoms with Crippen LogP contribution in [-0.4, -0.2) is 19.3 Å². The number of thiophene rings is 1. The molecular formula is C12H18ClNOS. The van der Waals surface area contributed by atoms with Crippen LogP contribution in [0.5, 0.6) is 0 Å². The lowest BCUT2D eigenvalue weighted by Crippen LogP contribution is -2.60. The summed E-state index contributed by atoms with van der Waals surface area (Å²) >= 11 is 7.54. The maximum Gasteiger partial charge on any atom is 0.0931 e. The second-order valence-electron chi connectivity index (χ2n) is 4.92. The summed E-state index contributed by atoms with van der Waals surface area (Å²) in [5.41, 5.74) is 0.232. The first-order valence-corrected chi connectivity index (χ1v) is 6.74. The summed E-state index contributed by atoms with van der Waals surface area (Å²) in [5, 5.41) is 3.58. The minimum absolute atomic E-state index is 0.232. The topological polar surface area (TPSA) is 21.3 Å². The Hall–Kier alpha value is -0.0900. The molecule has 0 radical (unpaired) electrons. The fourth-order valence-corrected chi connectivity index (χ4v) is 3.34. The molecule has 16 heavy (non-hydrogen) atoms. The number of ether oxygens (including phenoxy) is 1. The molecule has 2 unspecified atom stereocenters. The van der Waals surface area contributed by atoms with E-state index in [1.54, 1.807) is 18.4 Å². The van der Waals surface area contributed by atoms with Crippen molar-refractivity contribution in [2.75, 3.05) is 7.11 Å². The van der Waals surface area contributed by atoms with Crippen molar-refractivity contribution in [3.63, 3.8) is 0 Å². The molecule has 0 aliphatic heterocycles. The summed E-state index contributed by atoms with van der Waals surface area (Å²) in [6.45, 7) is 5.41. The predicted molar refractivity (Wildman–Crippen MR) is 69.2 cm³/mol. The molecule has 1 N–H and O–H groups in total. The van der Waals surface area contributed by atoms with E-state index in [0.717, 1.165) is 17.3 Å². The Morgan fingerprint density at radius 3 is 2.81 bits per heavy atom. The van der Waals surface area contributed by atoms with Crippen LogP contribution in [0.15, 0.2) is 12.1 Å². The molecule has 2 nitrogen and oxygen atoms in total. The Balaban J connectivity index is 1.84. The third kappa shape index (κ3) is 2.28. The quantitative estimate of drug-likeness (QED) is 0.896. The smallest absolute Gasteiger partial charge is 0.0931 e. The van der Waals surface area contributed by atoms with Crippen LogP contribution in [-0.2, 0) is 11.3 Å². The zero-order valence-electron chi connectivity index (χ0n) is 9.92. The van der Waals surface area contributed by atoms with E-state index in [-0.39, 0.29) is 5.41 Å². The molecule has 1 aromatic rings. The number of nitrogens with one attached hydrogen (secondary N) is 1. The fourth-order valence-electron chi connectivity index (χ4n) is 2.30. The van der Waals surface area contributed by atoms with Crippen molar-refractivity contribution in [1.82, 2.24) is 5.32 Å². The molecule has 4 heteroatoms. The van der Waals surface area contributed by atoms with Gasteiger partial charge in [0.05, 0.1) is 10.4 Å². The number of methoxy groups -OCH3 is 1. The van der Waals surface area contributed by atoms with Gasteiger partial charge in [-0.15, -0.1) is 11.3 Å². The number of halogens is 1. The van der Waals surface area contributed by atoms with E-state index < -0.39 is 0 Å². The van der Waals surface area contributed by atoms with Gasteiger partial charge in [-0.25, -0.2) is 0 Å². The monoisotopic (exact) mass is 259 g/mol. The number of hydrogen-bond acceptors (Lipinski definition) is 3. The van der Waals surface area contributed by atoms with Gasteiger partial charge in [0.15, 0.2) is 0 Å². The first-order chi connectivity index (χ1) is 7.54. The van der Waals surface area contributed by atoms with Crippen LogP contribution in [0.2, 0.25) is 4.34 Å². The Kier molecular flexibility index (Phi) is 3.59. The van der Waals surface area contributed by atoms with Crippen molar-refractivity contribution in [2.45, 2.75) is 39.0 Å². The number of hydrogen-bond donors (Lipinski definition) is 1. The van der Waals surface area contributed by atoms with Crippen LogP contribution in [0.3, 0.4) is 0 Å². The van der Waals surface area contributed by atoms with E-state index in [4.69, 9.17) is 16.3 Å². The Bertz CT molecular complexity index is 364. The normalized spacial score (nSPS) is 27.8. The molecule has 1 saturated carbocycles. The molecular weight excluding hydrogens is 242 g/mol. The first-order valence-electron chi connectivity index (χ1n) is 5.54. The minimum Gasteiger partial charge on any atom is -0.381 e. The zero-order chi connectivity index (χ0) is 11.8. The summed E-state index contributed by atoms with van der Waals surface area (Å²) < 4.78 is 6.29. The average Bonchev–Trinajstić information content (AvgIpc) is 2.63. The second-order valence-corrected chi connectivity index (χ2v) is 6.72. The van der Waals surface area contributed by atoms with Crippen molar-refractivity contribution in [3.05, 3.63) is 21.3 Å². The van der Waals surface area contributed by atoms with Gasteiger partial charge >= 0.3 is 0 Å². The van der Waals surface area contributed by atoms with Crippen LogP contribution in [0.1, 0.15) is 25.1 Å². The summed E-state index contributed by atoms with van der Waals surface area (Å²) in [5.74, 6) is 0. The molecule has 1 heterocycles. The van der Waals surface area contributed by atoms with Crippen LogP contribution in [0, 0.1) is 5.41 Å². The molecule has 0 bridgehead atoms. The lowest BCUT2D eigenvalue weighted by molar-refractivity contribution is -0.0978. The third-order valence-electron chi connectivity index (χ3n) is 3.61. The third-order valence-corrected chi connectivity index (χ3v) is 4.84. The van der Waals surface area contributed by atoms with Crippen LogP contribution in [0.25, 0.3) is 0 Å². The van der Waals surface area contributed by atoms with E-state index in [0.29, 0.717) is 12.1 Å². The van der Waals surface area contributed by atoms with Crippen LogP contribution < -0.4 is 5.32 Å². The molecule has 1 aromatic heterocycles. The Morgan fingerprint density at radius 2 is 2.31 bits per heavy atom. The fraction of sp³-hybridized carbons (Fsp3) is 0.667. The van der Waals surface area contributed by atoms with Crippen molar-refractivity contribution in [3.8, 4) is 0 Å². The van der Waals surface area contributed by atoms with Crippen molar-refractivity contribution < 1.29 is 4.74 Å². The van der Waals surface area contributed by atoms with Crippen LogP contribution in [0.4, 0.5) is 0 Å². The van der Waals surface area contributed by atoms with E-state index in [9.17, 15) is 0 Å². The highest BCUT2D eigenvalue weighted by Gasteiger charge is 2.48. The van der Waals surface area contributed by atoms with Gasteiger partial charge in [-0.2, -0.15) is 0 Å². The molecule has 0 amide bonds. The first kappa shape index (κ1) is 12.4. The standard InChI is InChI=1S/C12H18ClNOS/c1-12(2)9(6-10(12)15-3)14-7-8-4-5-11(13)16-8/h4-5,9-10,14H,6-7H2,1-3H3. The SMILES string of the molecule is COC1CC(NCc2ccc(Cl)s2)C1(C)C. The van der Waals surface area contributed by atoms with E-state index >= 15 is 0 Å². The molecule has 0 aromatic carbocycles. The predicted octanol–water partition coefficient (Wildman–Crippen LogP) is 3.30. The van der Waals surface area contributed by atoms with Crippen molar-refractivity contribution in [1.29, 1.82) is 0 Å². The van der Waals surface area contributed by atoms with Gasteiger partial charge in [-0.3, -0.25) is 0 Å². The van der Waals surface area contributed by atoms with Crippen molar-refractivity contribution in [2.24, 2.45) is 5.41 Å². The van der Waals surface area contributed by atoms with Crippen molar-refractivity contribution >= 4 is 22.9 Å². The maximum atomic E-state index is 5.90. The highest BCUT2D eigenvalue weighted by Crippen LogP contribution is 2.42. The lowest BCUT2D eigenvalue weighted by Gasteiger charge is -2.51. The maximum absolute atomic E-state index is 5.90. The van der Waals surface area contributed by atoms with Crippen LogP contribution >= 0.6 is 22.9 Å². The summed E-state index contributed by atoms with van der Waals surface area (Å²) in [7, 11) is 1.79. The average molecular weight is 260 g/mol. The van der Waals surface area contributed by atoms with Gasteiger partial charge in [0.25, 0.3) is 0 Å². The van der Waals surface area contributed by atoms with Gasteiger partial charge in [0.2, 0.25) is 0 Å². The Labute approximate surface area is 106 Å². The largest absolute Gasteiger partial charge is 0.381 e. The van der Waals surface area contributed by atoms with E-state index in [2.05, 4.69) is 25.2 Å². The molecule has 0 saturated heterocycles. The van der Waals surface area contributed by atoms with Gasteiger partial charge < -0.3 is 10.1 Å². The van der Waals surface area contributed by atoms with Gasteiger partial charge in [0.1, 0.15) is 0 Å². The molecule has 1 aliphatic carbocycles. The molecule has 1 aliphatic rings. The highest BCUT2D eigenvalue weighted by atomic mass is 35.5. The molecule has 2 atom stereocenters. The van der Waals surface area contributed by atoms with E-state index in [1.807, 2.05) is 6.07 Å². The molecule has 2 rings (SSSR count). The molecule has 1 fully saturated rings. The molecule has 0 spiro atoms. The van der Waals surface area contributed by atoms with E-state index in [1.165, 1.54) is 4.88 Å². The molecule has 90 valence electrons.